The van der Waals surface area contributed by atoms with Crippen molar-refractivity contribution in [3.8, 4) is 5.75 Å². The van der Waals surface area contributed by atoms with E-state index in [0.717, 1.165) is 17.2 Å². The molecule has 100 valence electrons. The number of nitrogens with one attached hydrogen (secondary N) is 1. The molecule has 0 amide bonds. The second kappa shape index (κ2) is 6.13. The number of nitrogens with zero attached hydrogens (tertiary/aromatic N) is 2. The van der Waals surface area contributed by atoms with Gasteiger partial charge >= 0.3 is 0 Å². The second-order valence-corrected chi connectivity index (χ2v) is 4.02. The quantitative estimate of drug-likeness (QED) is 0.899. The van der Waals surface area contributed by atoms with Crippen molar-refractivity contribution >= 4 is 5.69 Å². The van der Waals surface area contributed by atoms with Crippen molar-refractivity contribution in [1.82, 2.24) is 9.97 Å². The molecule has 1 aromatic carbocycles. The van der Waals surface area contributed by atoms with Gasteiger partial charge in [0.1, 0.15) is 17.4 Å². The fourth-order valence-electron chi connectivity index (χ4n) is 1.71. The van der Waals surface area contributed by atoms with E-state index in [1.54, 1.807) is 12.3 Å². The summed E-state index contributed by atoms with van der Waals surface area (Å²) in [5.74, 6) is 0.920. The molecule has 2 rings (SSSR count). The average molecular weight is 261 g/mol. The molecule has 0 radical (unpaired) electrons. The fraction of sp³-hybridized carbons (Fsp3) is 0.286. The van der Waals surface area contributed by atoms with Crippen molar-refractivity contribution in [2.75, 3.05) is 11.9 Å². The minimum absolute atomic E-state index is 0.313. The van der Waals surface area contributed by atoms with Gasteiger partial charge in [0.2, 0.25) is 0 Å². The lowest BCUT2D eigenvalue weighted by Gasteiger charge is -2.12. The predicted molar refractivity (Wildman–Crippen MR) is 71.7 cm³/mol. The Bertz CT molecular complexity index is 560. The van der Waals surface area contributed by atoms with Crippen LogP contribution >= 0.6 is 0 Å². The number of hydrogen-bond acceptors (Lipinski definition) is 4. The summed E-state index contributed by atoms with van der Waals surface area (Å²) in [6, 6.07) is 6.27. The second-order valence-electron chi connectivity index (χ2n) is 4.02. The normalized spacial score (nSPS) is 10.3. The maximum atomic E-state index is 13.2. The van der Waals surface area contributed by atoms with E-state index >= 15 is 0 Å². The topological polar surface area (TPSA) is 47.0 Å². The third-order valence-electron chi connectivity index (χ3n) is 2.54. The lowest BCUT2D eigenvalue weighted by atomic mass is 10.2. The number of anilines is 1. The van der Waals surface area contributed by atoms with Crippen LogP contribution in [0.2, 0.25) is 0 Å². The number of benzene rings is 1. The molecule has 0 aliphatic heterocycles. The van der Waals surface area contributed by atoms with Crippen LogP contribution in [0.25, 0.3) is 0 Å². The maximum Gasteiger partial charge on any atom is 0.145 e. The molecule has 4 nitrogen and oxygen atoms in total. The van der Waals surface area contributed by atoms with E-state index in [9.17, 15) is 4.39 Å². The van der Waals surface area contributed by atoms with Crippen LogP contribution in [0.5, 0.6) is 5.75 Å². The highest BCUT2D eigenvalue weighted by atomic mass is 19.1. The standard InChI is InChI=1S/C14H16FN3O/c1-3-19-14-8-11(15)4-5-13(14)17-9-12-6-7-16-10(2)18-12/h4-8,17H,3,9H2,1-2H3. The minimum atomic E-state index is -0.313. The van der Waals surface area contributed by atoms with Crippen LogP contribution < -0.4 is 10.1 Å². The summed E-state index contributed by atoms with van der Waals surface area (Å²) >= 11 is 0. The summed E-state index contributed by atoms with van der Waals surface area (Å²) in [5, 5.41) is 3.19. The monoisotopic (exact) mass is 261 g/mol. The Morgan fingerprint density at radius 1 is 1.32 bits per heavy atom. The van der Waals surface area contributed by atoms with Gasteiger partial charge in [0.15, 0.2) is 0 Å². The first kappa shape index (κ1) is 13.3. The van der Waals surface area contributed by atoms with Crippen molar-refractivity contribution in [3.63, 3.8) is 0 Å². The number of aryl methyl sites for hydroxylation is 1. The van der Waals surface area contributed by atoms with Gasteiger partial charge in [-0.3, -0.25) is 0 Å². The lowest BCUT2D eigenvalue weighted by molar-refractivity contribution is 0.339. The summed E-state index contributed by atoms with van der Waals surface area (Å²) in [5.41, 5.74) is 1.62. The first-order valence-corrected chi connectivity index (χ1v) is 6.14. The van der Waals surface area contributed by atoms with E-state index < -0.39 is 0 Å². The van der Waals surface area contributed by atoms with Crippen LogP contribution in [0.15, 0.2) is 30.5 Å². The molecule has 0 aliphatic carbocycles. The van der Waals surface area contributed by atoms with Crippen LogP contribution in [-0.4, -0.2) is 16.6 Å². The van der Waals surface area contributed by atoms with Crippen LogP contribution in [0.4, 0.5) is 10.1 Å². The van der Waals surface area contributed by atoms with Gasteiger partial charge in [-0.05, 0) is 32.0 Å². The van der Waals surface area contributed by atoms with Crippen LogP contribution in [0, 0.1) is 12.7 Å². The number of ether oxygens (including phenoxy) is 1. The van der Waals surface area contributed by atoms with Crippen LogP contribution in [0.1, 0.15) is 18.4 Å². The summed E-state index contributed by atoms with van der Waals surface area (Å²) in [4.78, 5) is 8.33. The Balaban J connectivity index is 2.10. The lowest BCUT2D eigenvalue weighted by Crippen LogP contribution is -2.05. The van der Waals surface area contributed by atoms with Crippen molar-refractivity contribution in [2.24, 2.45) is 0 Å². The van der Waals surface area contributed by atoms with Gasteiger partial charge in [-0.25, -0.2) is 14.4 Å². The number of rotatable bonds is 5. The Morgan fingerprint density at radius 2 is 2.16 bits per heavy atom. The molecular formula is C14H16FN3O. The molecule has 1 N–H and O–H groups in total. The smallest absolute Gasteiger partial charge is 0.145 e. The van der Waals surface area contributed by atoms with Gasteiger partial charge in [-0.1, -0.05) is 0 Å². The minimum Gasteiger partial charge on any atom is -0.492 e. The van der Waals surface area contributed by atoms with Gasteiger partial charge in [0.05, 0.1) is 24.5 Å². The molecule has 19 heavy (non-hydrogen) atoms. The largest absolute Gasteiger partial charge is 0.492 e. The SMILES string of the molecule is CCOc1cc(F)ccc1NCc1ccnc(C)n1. The molecule has 0 saturated carbocycles. The molecule has 0 saturated heterocycles. The summed E-state index contributed by atoms with van der Waals surface area (Å²) in [7, 11) is 0. The average Bonchev–Trinajstić information content (AvgIpc) is 2.38. The number of hydrogen-bond donors (Lipinski definition) is 1. The highest BCUT2D eigenvalue weighted by Crippen LogP contribution is 2.25. The van der Waals surface area contributed by atoms with Gasteiger partial charge in [0, 0.05) is 12.3 Å². The van der Waals surface area contributed by atoms with Gasteiger partial charge < -0.3 is 10.1 Å². The van der Waals surface area contributed by atoms with E-state index in [0.29, 0.717) is 18.9 Å². The Morgan fingerprint density at radius 3 is 2.89 bits per heavy atom. The Hall–Kier alpha value is -2.17. The first-order valence-electron chi connectivity index (χ1n) is 6.14. The van der Waals surface area contributed by atoms with Crippen molar-refractivity contribution in [3.05, 3.63) is 47.8 Å². The van der Waals surface area contributed by atoms with Crippen molar-refractivity contribution < 1.29 is 9.13 Å². The predicted octanol–water partition coefficient (Wildman–Crippen LogP) is 2.93. The molecule has 0 spiro atoms. The van der Waals surface area contributed by atoms with E-state index in [-0.39, 0.29) is 5.82 Å². The molecule has 2 aromatic rings. The van der Waals surface area contributed by atoms with Crippen LogP contribution in [0.3, 0.4) is 0 Å². The Labute approximate surface area is 111 Å². The zero-order chi connectivity index (χ0) is 13.7. The van der Waals surface area contributed by atoms with E-state index in [1.807, 2.05) is 19.9 Å². The highest BCUT2D eigenvalue weighted by molar-refractivity contribution is 5.56. The van der Waals surface area contributed by atoms with Gasteiger partial charge in [0.25, 0.3) is 0 Å². The third-order valence-corrected chi connectivity index (χ3v) is 2.54. The summed E-state index contributed by atoms with van der Waals surface area (Å²) in [6.45, 7) is 4.73. The van der Waals surface area contributed by atoms with Crippen LogP contribution in [-0.2, 0) is 6.54 Å². The molecule has 0 atom stereocenters. The Kier molecular flexibility index (Phi) is 4.28. The number of aromatic nitrogens is 2. The fourth-order valence-corrected chi connectivity index (χ4v) is 1.71. The van der Waals surface area contributed by atoms with Crippen molar-refractivity contribution in [2.45, 2.75) is 20.4 Å². The van der Waals surface area contributed by atoms with Crippen molar-refractivity contribution in [1.29, 1.82) is 0 Å². The zero-order valence-corrected chi connectivity index (χ0v) is 11.0. The molecule has 1 heterocycles. The molecule has 0 fully saturated rings. The molecular weight excluding hydrogens is 245 g/mol. The maximum absolute atomic E-state index is 13.2. The third kappa shape index (κ3) is 3.64. The molecule has 0 aliphatic rings. The number of halogens is 1. The molecule has 5 heteroatoms. The highest BCUT2D eigenvalue weighted by Gasteiger charge is 2.05. The van der Waals surface area contributed by atoms with E-state index in [1.165, 1.54) is 12.1 Å². The first-order chi connectivity index (χ1) is 9.19. The molecule has 0 bridgehead atoms. The van der Waals surface area contributed by atoms with Gasteiger partial charge in [-0.15, -0.1) is 0 Å². The molecule has 0 unspecified atom stereocenters. The summed E-state index contributed by atoms with van der Waals surface area (Å²) in [6.07, 6.45) is 1.72. The van der Waals surface area contributed by atoms with E-state index in [4.69, 9.17) is 4.74 Å². The zero-order valence-electron chi connectivity index (χ0n) is 11.0. The van der Waals surface area contributed by atoms with E-state index in [2.05, 4.69) is 15.3 Å². The van der Waals surface area contributed by atoms with Gasteiger partial charge in [-0.2, -0.15) is 0 Å². The summed E-state index contributed by atoms with van der Waals surface area (Å²) < 4.78 is 18.6. The molecule has 1 aromatic heterocycles.